The quantitative estimate of drug-likeness (QED) is 0.646. The molecule has 2 N–H and O–H groups in total. The first kappa shape index (κ1) is 20.2. The number of halogens is 2. The van der Waals surface area contributed by atoms with Crippen LogP contribution >= 0.6 is 11.3 Å². The van der Waals surface area contributed by atoms with Crippen molar-refractivity contribution < 1.29 is 18.3 Å². The number of hydrogen-bond donors (Lipinski definition) is 1. The largest absolute Gasteiger partial charge is 0.486 e. The maximum absolute atomic E-state index is 12.8. The number of benzene rings is 1. The summed E-state index contributed by atoms with van der Waals surface area (Å²) < 4.78 is 33.3. The van der Waals surface area contributed by atoms with Crippen LogP contribution in [0.3, 0.4) is 0 Å². The van der Waals surface area contributed by atoms with E-state index in [1.807, 2.05) is 30.3 Å². The third kappa shape index (κ3) is 4.10. The summed E-state index contributed by atoms with van der Waals surface area (Å²) in [5, 5.41) is 3.91. The van der Waals surface area contributed by atoms with Gasteiger partial charge >= 0.3 is 5.69 Å². The van der Waals surface area contributed by atoms with Crippen LogP contribution in [0.4, 0.5) is 8.78 Å². The van der Waals surface area contributed by atoms with E-state index in [-0.39, 0.29) is 37.6 Å². The number of nitrogens with two attached hydrogens (primary N) is 1. The summed E-state index contributed by atoms with van der Waals surface area (Å²) in [7, 11) is 0. The molecule has 0 saturated heterocycles. The van der Waals surface area contributed by atoms with Crippen molar-refractivity contribution in [1.29, 1.82) is 0 Å². The fourth-order valence-electron chi connectivity index (χ4n) is 3.19. The molecule has 30 heavy (non-hydrogen) atoms. The molecule has 0 aliphatic carbocycles. The van der Waals surface area contributed by atoms with Gasteiger partial charge in [-0.15, -0.1) is 11.3 Å². The number of ether oxygens (including phenoxy) is 1. The second-order valence-corrected chi connectivity index (χ2v) is 8.03. The molecule has 0 fully saturated rings. The number of rotatable bonds is 6. The van der Waals surface area contributed by atoms with Crippen LogP contribution in [-0.4, -0.2) is 33.3 Å². The minimum Gasteiger partial charge on any atom is -0.486 e. The molecule has 0 unspecified atom stereocenters. The number of fused-ring (bicyclic) bond motifs is 1. The molecule has 2 aromatic heterocycles. The fourth-order valence-corrected chi connectivity index (χ4v) is 4.19. The van der Waals surface area contributed by atoms with Crippen molar-refractivity contribution in [2.24, 2.45) is 5.73 Å². The normalized spacial score (nSPS) is 13.1. The van der Waals surface area contributed by atoms with Crippen molar-refractivity contribution in [3.05, 3.63) is 69.2 Å². The summed E-state index contributed by atoms with van der Waals surface area (Å²) in [6, 6.07) is 9.57. The lowest BCUT2D eigenvalue weighted by molar-refractivity contribution is -0.121. The Morgan fingerprint density at radius 3 is 2.83 bits per heavy atom. The van der Waals surface area contributed by atoms with Crippen LogP contribution in [0.2, 0.25) is 0 Å². The van der Waals surface area contributed by atoms with Crippen molar-refractivity contribution >= 4 is 17.1 Å². The number of ketones is 1. The Morgan fingerprint density at radius 1 is 1.23 bits per heavy atom. The molecule has 0 radical (unpaired) electrons. The number of carbonyl (C=O) groups excluding carboxylic acids is 1. The van der Waals surface area contributed by atoms with E-state index in [9.17, 15) is 18.4 Å². The third-order valence-corrected chi connectivity index (χ3v) is 5.88. The Hall–Kier alpha value is -3.11. The van der Waals surface area contributed by atoms with E-state index in [1.54, 1.807) is 0 Å². The van der Waals surface area contributed by atoms with Gasteiger partial charge in [-0.25, -0.2) is 9.48 Å². The second kappa shape index (κ2) is 8.33. The number of hydrogen-bond acceptors (Lipinski definition) is 6. The van der Waals surface area contributed by atoms with Gasteiger partial charge in [0.05, 0.1) is 13.1 Å². The maximum Gasteiger partial charge on any atom is 0.346 e. The van der Waals surface area contributed by atoms with Gasteiger partial charge in [0.25, 0.3) is 6.08 Å². The molecule has 3 aromatic rings. The number of Topliss-reactive ketones (excluding diaryl/α,β-unsaturated/α-hetero) is 1. The Balaban J connectivity index is 1.52. The summed E-state index contributed by atoms with van der Waals surface area (Å²) in [6.45, 7) is -0.294. The van der Waals surface area contributed by atoms with Gasteiger partial charge < -0.3 is 10.5 Å². The predicted molar refractivity (Wildman–Crippen MR) is 108 cm³/mol. The van der Waals surface area contributed by atoms with Crippen molar-refractivity contribution in [2.45, 2.75) is 19.5 Å². The lowest BCUT2D eigenvalue weighted by atomic mass is 10.0. The lowest BCUT2D eigenvalue weighted by Crippen LogP contribution is -2.27. The summed E-state index contributed by atoms with van der Waals surface area (Å²) in [4.78, 5) is 25.9. The van der Waals surface area contributed by atoms with Crippen LogP contribution in [0.15, 0.2) is 53.1 Å². The topological polar surface area (TPSA) is 92.1 Å². The fraction of sp³-hybridized carbons (Fsp3) is 0.250. The molecule has 7 nitrogen and oxygen atoms in total. The maximum atomic E-state index is 12.8. The van der Waals surface area contributed by atoms with E-state index in [0.29, 0.717) is 6.42 Å². The van der Waals surface area contributed by atoms with Gasteiger partial charge in [-0.1, -0.05) is 0 Å². The lowest BCUT2D eigenvalue weighted by Gasteiger charge is -2.16. The van der Waals surface area contributed by atoms with Gasteiger partial charge in [0.1, 0.15) is 18.7 Å². The molecule has 10 heteroatoms. The highest BCUT2D eigenvalue weighted by Crippen LogP contribution is 2.33. The van der Waals surface area contributed by atoms with Crippen molar-refractivity contribution in [2.75, 3.05) is 13.2 Å². The molecule has 1 aromatic carbocycles. The molecule has 1 aliphatic rings. The number of thiophene rings is 1. The summed E-state index contributed by atoms with van der Waals surface area (Å²) >= 11 is 1.50. The molecule has 0 saturated carbocycles. The van der Waals surface area contributed by atoms with Crippen LogP contribution in [-0.2, 0) is 24.3 Å². The molecule has 1 aliphatic heterocycles. The first-order valence-electron chi connectivity index (χ1n) is 9.16. The van der Waals surface area contributed by atoms with E-state index >= 15 is 0 Å². The summed E-state index contributed by atoms with van der Waals surface area (Å²) in [5.41, 5.74) is 6.31. The monoisotopic (exact) mass is 432 g/mol. The zero-order chi connectivity index (χ0) is 21.3. The average molecular weight is 432 g/mol. The van der Waals surface area contributed by atoms with Crippen LogP contribution < -0.4 is 16.2 Å². The smallest absolute Gasteiger partial charge is 0.346 e. The average Bonchev–Trinajstić information content (AvgIpc) is 3.33. The molecule has 0 bridgehead atoms. The Morgan fingerprint density at radius 2 is 2.07 bits per heavy atom. The van der Waals surface area contributed by atoms with Crippen LogP contribution in [0.25, 0.3) is 10.4 Å². The molecule has 156 valence electrons. The first-order chi connectivity index (χ1) is 14.4. The predicted octanol–water partition coefficient (Wildman–Crippen LogP) is 2.43. The third-order valence-electron chi connectivity index (χ3n) is 4.76. The van der Waals surface area contributed by atoms with E-state index in [2.05, 4.69) is 5.10 Å². The molecule has 0 amide bonds. The Bertz CT molecular complexity index is 1190. The number of aromatic nitrogens is 3. The highest BCUT2D eigenvalue weighted by atomic mass is 32.1. The van der Waals surface area contributed by atoms with Gasteiger partial charge in [-0.05, 0) is 35.9 Å². The van der Waals surface area contributed by atoms with E-state index in [1.165, 1.54) is 22.2 Å². The number of carbonyl (C=O) groups is 1. The molecule has 4 rings (SSSR count). The molecular weight excluding hydrogens is 414 g/mol. The molecule has 0 spiro atoms. The number of nitrogens with zero attached hydrogens (tertiary/aromatic N) is 3. The minimum atomic E-state index is -1.89. The molecule has 0 atom stereocenters. The standard InChI is InChI=1S/C20H18F2N4O3S/c21-19(22)14(7-23)8-26-20(28)25(11-24-26)9-16-2-4-18(30-16)12-1-3-17-13(5-12)6-15(27)10-29-17/h1-5,11H,6-10,23H2. The highest BCUT2D eigenvalue weighted by Gasteiger charge is 2.18. The summed E-state index contributed by atoms with van der Waals surface area (Å²) in [5.74, 6) is 0.771. The molecular formula is C20H18F2N4O3S. The van der Waals surface area contributed by atoms with Gasteiger partial charge in [0, 0.05) is 33.9 Å². The van der Waals surface area contributed by atoms with Crippen molar-refractivity contribution in [3.8, 4) is 16.2 Å². The van der Waals surface area contributed by atoms with E-state index in [4.69, 9.17) is 10.5 Å². The van der Waals surface area contributed by atoms with Gasteiger partial charge in [0.2, 0.25) is 0 Å². The summed E-state index contributed by atoms with van der Waals surface area (Å²) in [6.07, 6.45) is -0.207. The van der Waals surface area contributed by atoms with Crippen LogP contribution in [0.5, 0.6) is 5.75 Å². The highest BCUT2D eigenvalue weighted by molar-refractivity contribution is 7.15. The first-order valence-corrected chi connectivity index (χ1v) is 9.98. The zero-order valence-corrected chi connectivity index (χ0v) is 16.6. The minimum absolute atomic E-state index is 0.0446. The van der Waals surface area contributed by atoms with E-state index < -0.39 is 11.8 Å². The van der Waals surface area contributed by atoms with E-state index in [0.717, 1.165) is 31.3 Å². The van der Waals surface area contributed by atoms with Crippen molar-refractivity contribution in [3.63, 3.8) is 0 Å². The van der Waals surface area contributed by atoms with Gasteiger partial charge in [-0.3, -0.25) is 9.36 Å². The van der Waals surface area contributed by atoms with Crippen molar-refractivity contribution in [1.82, 2.24) is 14.3 Å². The van der Waals surface area contributed by atoms with Gasteiger partial charge in [-0.2, -0.15) is 13.9 Å². The SMILES string of the molecule is NCC(Cn1ncn(Cc2ccc(-c3ccc4c(c3)CC(=O)CO4)s2)c1=O)=C(F)F. The van der Waals surface area contributed by atoms with Gasteiger partial charge in [0.15, 0.2) is 5.78 Å². The molecule has 3 heterocycles. The van der Waals surface area contributed by atoms with Crippen LogP contribution in [0, 0.1) is 0 Å². The Kier molecular flexibility index (Phi) is 5.60. The second-order valence-electron chi connectivity index (χ2n) is 6.86. The van der Waals surface area contributed by atoms with Crippen LogP contribution in [0.1, 0.15) is 10.4 Å². The zero-order valence-electron chi connectivity index (χ0n) is 15.8. The Labute approximate surface area is 174 Å².